The van der Waals surface area contributed by atoms with Gasteiger partial charge in [0.2, 0.25) is 0 Å². The molecule has 42 heavy (non-hydrogen) atoms. The minimum atomic E-state index is -0.376. The number of aromatic nitrogens is 1. The molecule has 1 aromatic rings. The Morgan fingerprint density at radius 3 is 1.05 bits per heavy atom. The van der Waals surface area contributed by atoms with E-state index in [1.807, 2.05) is 7.05 Å². The maximum atomic E-state index is 12.6. The molecule has 244 valence electrons. The second kappa shape index (κ2) is 29.5. The molecule has 0 aliphatic rings. The Hall–Kier alpha value is -1.62. The Balaban J connectivity index is 0.0000168. The fourth-order valence-corrected chi connectivity index (χ4v) is 5.32. The quantitative estimate of drug-likeness (QED) is 0.0571. The number of unbranched alkanes of at least 4 members (excludes halogenated alkanes) is 22. The molecule has 0 saturated carbocycles. The van der Waals surface area contributed by atoms with Crippen LogP contribution >= 0.6 is 0 Å². The van der Waals surface area contributed by atoms with Gasteiger partial charge in [-0.15, -0.1) is 0 Å². The summed E-state index contributed by atoms with van der Waals surface area (Å²) in [5.41, 5.74) is 0.789. The zero-order chi connectivity index (χ0) is 29.8. The molecule has 0 aliphatic carbocycles. The van der Waals surface area contributed by atoms with E-state index in [9.17, 15) is 9.59 Å². The van der Waals surface area contributed by atoms with E-state index in [-0.39, 0.29) is 24.3 Å². The average molecular weight is 610 g/mol. The van der Waals surface area contributed by atoms with Crippen LogP contribution < -0.4 is 17.0 Å². The van der Waals surface area contributed by atoms with Crippen molar-refractivity contribution < 1.29 is 36.0 Å². The molecule has 0 amide bonds. The standard InChI is InChI=1S/C36H64NO4.ClH/c1-4-6-8-10-12-14-16-18-20-22-24-26-28-40-35(38)33-30-34(32-37(3)31-33)36(39)41-29-27-25-23-21-19-17-15-13-11-9-7-5-2;/h30-32H,4-29H2,1-3H3;1H/q+1;/p-1. The molecule has 0 aliphatic heterocycles. The van der Waals surface area contributed by atoms with Gasteiger partial charge in [0.15, 0.2) is 12.4 Å². The van der Waals surface area contributed by atoms with Gasteiger partial charge in [0.05, 0.1) is 13.2 Å². The number of carbonyl (C=O) groups excluding carboxylic acids is 2. The second-order valence-electron chi connectivity index (χ2n) is 12.0. The lowest BCUT2D eigenvalue weighted by molar-refractivity contribution is -0.671. The molecule has 1 heterocycles. The number of esters is 2. The van der Waals surface area contributed by atoms with Gasteiger partial charge in [-0.05, 0) is 18.9 Å². The van der Waals surface area contributed by atoms with E-state index in [0.717, 1.165) is 25.7 Å². The van der Waals surface area contributed by atoms with E-state index in [1.54, 1.807) is 23.0 Å². The van der Waals surface area contributed by atoms with Crippen molar-refractivity contribution in [1.29, 1.82) is 0 Å². The van der Waals surface area contributed by atoms with Crippen molar-refractivity contribution in [2.45, 2.75) is 168 Å². The van der Waals surface area contributed by atoms with E-state index < -0.39 is 0 Å². The summed E-state index contributed by atoms with van der Waals surface area (Å²) >= 11 is 0. The SMILES string of the molecule is CCCCCCCCCCCCCCOC(=O)c1cc(C(=O)OCCCCCCCCCCCCCC)c[n+](C)c1.[Cl-]. The van der Waals surface area contributed by atoms with Gasteiger partial charge in [0, 0.05) is 0 Å². The lowest BCUT2D eigenvalue weighted by Gasteiger charge is -2.07. The van der Waals surface area contributed by atoms with Crippen molar-refractivity contribution in [1.82, 2.24) is 0 Å². The van der Waals surface area contributed by atoms with Crippen LogP contribution in [0.15, 0.2) is 18.5 Å². The third kappa shape index (κ3) is 22.9. The molecule has 1 rings (SSSR count). The van der Waals surface area contributed by atoms with Crippen LogP contribution in [0, 0.1) is 0 Å². The molecule has 0 aromatic carbocycles. The van der Waals surface area contributed by atoms with E-state index in [4.69, 9.17) is 9.47 Å². The molecule has 0 N–H and O–H groups in total. The van der Waals surface area contributed by atoms with E-state index >= 15 is 0 Å². The average Bonchev–Trinajstić information content (AvgIpc) is 2.97. The molecule has 0 atom stereocenters. The fourth-order valence-electron chi connectivity index (χ4n) is 5.32. The number of hydrogen-bond acceptors (Lipinski definition) is 4. The molecule has 0 spiro atoms. The Bertz CT molecular complexity index is 725. The van der Waals surface area contributed by atoms with Crippen molar-refractivity contribution in [2.75, 3.05) is 13.2 Å². The maximum absolute atomic E-state index is 12.6. The fraction of sp³-hybridized carbons (Fsp3) is 0.806. The summed E-state index contributed by atoms with van der Waals surface area (Å²) in [4.78, 5) is 25.1. The van der Waals surface area contributed by atoms with Crippen LogP contribution in [-0.2, 0) is 16.5 Å². The number of ether oxygens (including phenoxy) is 2. The predicted molar refractivity (Wildman–Crippen MR) is 170 cm³/mol. The summed E-state index contributed by atoms with van der Waals surface area (Å²) < 4.78 is 12.7. The lowest BCUT2D eigenvalue weighted by Crippen LogP contribution is -3.00. The summed E-state index contributed by atoms with van der Waals surface area (Å²) in [6.07, 6.45) is 34.0. The Morgan fingerprint density at radius 2 is 0.762 bits per heavy atom. The third-order valence-corrected chi connectivity index (χ3v) is 7.93. The predicted octanol–water partition coefficient (Wildman–Crippen LogP) is 7.23. The van der Waals surface area contributed by atoms with Crippen LogP contribution in [0.1, 0.15) is 189 Å². The molecule has 0 unspecified atom stereocenters. The molecular weight excluding hydrogens is 546 g/mol. The van der Waals surface area contributed by atoms with Gasteiger partial charge in [-0.3, -0.25) is 0 Å². The van der Waals surface area contributed by atoms with Crippen molar-refractivity contribution in [3.05, 3.63) is 29.6 Å². The molecule has 0 radical (unpaired) electrons. The van der Waals surface area contributed by atoms with Crippen molar-refractivity contribution in [3.63, 3.8) is 0 Å². The number of nitrogens with zero attached hydrogens (tertiary/aromatic N) is 1. The summed E-state index contributed by atoms with van der Waals surface area (Å²) in [5, 5.41) is 0. The van der Waals surface area contributed by atoms with Gasteiger partial charge in [0.25, 0.3) is 0 Å². The maximum Gasteiger partial charge on any atom is 0.344 e. The van der Waals surface area contributed by atoms with Crippen LogP contribution in [0.4, 0.5) is 0 Å². The number of rotatable bonds is 28. The van der Waals surface area contributed by atoms with Crippen LogP contribution in [0.5, 0.6) is 0 Å². The molecule has 0 fully saturated rings. The van der Waals surface area contributed by atoms with Gasteiger partial charge in [0.1, 0.15) is 18.2 Å². The second-order valence-corrected chi connectivity index (χ2v) is 12.0. The first-order valence-corrected chi connectivity index (χ1v) is 17.4. The summed E-state index contributed by atoms with van der Waals surface area (Å²) in [6.45, 7) is 5.37. The van der Waals surface area contributed by atoms with Crippen LogP contribution in [-0.4, -0.2) is 25.2 Å². The molecule has 0 saturated heterocycles. The molecule has 5 nitrogen and oxygen atoms in total. The van der Waals surface area contributed by atoms with E-state index in [2.05, 4.69) is 13.8 Å². The minimum Gasteiger partial charge on any atom is -1.00 e. The van der Waals surface area contributed by atoms with E-state index in [0.29, 0.717) is 24.3 Å². The van der Waals surface area contributed by atoms with Crippen molar-refractivity contribution in [3.8, 4) is 0 Å². The molecular formula is C36H64ClNO4. The zero-order valence-corrected chi connectivity index (χ0v) is 28.3. The largest absolute Gasteiger partial charge is 1.00 e. The van der Waals surface area contributed by atoms with Gasteiger partial charge in [-0.25, -0.2) is 14.2 Å². The monoisotopic (exact) mass is 609 g/mol. The Morgan fingerprint density at radius 1 is 0.500 bits per heavy atom. The van der Waals surface area contributed by atoms with Gasteiger partial charge in [-0.1, -0.05) is 155 Å². The van der Waals surface area contributed by atoms with Gasteiger partial charge < -0.3 is 21.9 Å². The van der Waals surface area contributed by atoms with Gasteiger partial charge >= 0.3 is 11.9 Å². The zero-order valence-electron chi connectivity index (χ0n) is 27.6. The Kier molecular flexibility index (Phi) is 28.3. The van der Waals surface area contributed by atoms with Crippen LogP contribution in [0.2, 0.25) is 0 Å². The molecule has 1 aromatic heterocycles. The highest BCUT2D eigenvalue weighted by Gasteiger charge is 2.18. The molecule has 6 heteroatoms. The smallest absolute Gasteiger partial charge is 0.344 e. The topological polar surface area (TPSA) is 56.5 Å². The number of carbonyl (C=O) groups is 2. The lowest BCUT2D eigenvalue weighted by atomic mass is 10.1. The molecule has 0 bridgehead atoms. The van der Waals surface area contributed by atoms with Gasteiger partial charge in [-0.2, -0.15) is 0 Å². The number of aryl methyl sites for hydroxylation is 1. The highest BCUT2D eigenvalue weighted by atomic mass is 35.5. The first-order chi connectivity index (χ1) is 20.1. The number of hydrogen-bond donors (Lipinski definition) is 0. The minimum absolute atomic E-state index is 0. The third-order valence-electron chi connectivity index (χ3n) is 7.93. The van der Waals surface area contributed by atoms with Crippen LogP contribution in [0.3, 0.4) is 0 Å². The normalized spacial score (nSPS) is 10.8. The number of halogens is 1. The highest BCUT2D eigenvalue weighted by molar-refractivity contribution is 5.94. The Labute approximate surface area is 265 Å². The van der Waals surface area contributed by atoms with Crippen molar-refractivity contribution in [2.24, 2.45) is 7.05 Å². The van der Waals surface area contributed by atoms with Crippen molar-refractivity contribution >= 4 is 11.9 Å². The first kappa shape index (κ1) is 40.4. The first-order valence-electron chi connectivity index (χ1n) is 17.4. The summed E-state index contributed by atoms with van der Waals surface area (Å²) in [5.74, 6) is -0.751. The van der Waals surface area contributed by atoms with E-state index in [1.165, 1.54) is 128 Å². The highest BCUT2D eigenvalue weighted by Crippen LogP contribution is 2.14. The summed E-state index contributed by atoms with van der Waals surface area (Å²) in [7, 11) is 1.81. The van der Waals surface area contributed by atoms with Crippen LogP contribution in [0.25, 0.3) is 0 Å². The number of pyridine rings is 1. The summed E-state index contributed by atoms with van der Waals surface area (Å²) in [6, 6.07) is 1.59.